The number of H-pyrrole nitrogens is 2. The van der Waals surface area contributed by atoms with Crippen LogP contribution in [0.4, 0.5) is 5.82 Å². The van der Waals surface area contributed by atoms with Crippen molar-refractivity contribution >= 4 is 22.6 Å². The molecule has 3 N–H and O–H groups in total. The second-order valence-corrected chi connectivity index (χ2v) is 8.98. The Hall–Kier alpha value is -3.87. The summed E-state index contributed by atoms with van der Waals surface area (Å²) in [5.41, 5.74) is 4.12. The number of aromatic nitrogens is 3. The number of benzene rings is 2. The maximum absolute atomic E-state index is 12.9. The van der Waals surface area contributed by atoms with Crippen LogP contribution >= 0.6 is 0 Å². The number of hydrogen-bond donors (Lipinski definition) is 3. The van der Waals surface area contributed by atoms with Crippen molar-refractivity contribution in [3.05, 3.63) is 76.1 Å². The van der Waals surface area contributed by atoms with Crippen LogP contribution in [0, 0.1) is 0 Å². The summed E-state index contributed by atoms with van der Waals surface area (Å²) in [4.78, 5) is 29.1. The number of methoxy groups -OCH3 is 1. The first kappa shape index (κ1) is 21.9. The van der Waals surface area contributed by atoms with Gasteiger partial charge in [-0.05, 0) is 67.3 Å². The van der Waals surface area contributed by atoms with Crippen LogP contribution in [0.5, 0.6) is 5.75 Å². The first-order valence-corrected chi connectivity index (χ1v) is 11.7. The quantitative estimate of drug-likeness (QED) is 0.365. The van der Waals surface area contributed by atoms with E-state index >= 15 is 0 Å². The number of nitrogens with one attached hydrogen (secondary N) is 3. The molecule has 0 saturated heterocycles. The number of rotatable bonds is 6. The summed E-state index contributed by atoms with van der Waals surface area (Å²) in [6.45, 7) is 1.83. The third kappa shape index (κ3) is 4.33. The molecule has 1 amide bonds. The van der Waals surface area contributed by atoms with Crippen molar-refractivity contribution in [2.24, 2.45) is 0 Å². The first-order valence-electron chi connectivity index (χ1n) is 11.7. The van der Waals surface area contributed by atoms with Crippen LogP contribution in [0.25, 0.3) is 22.2 Å². The molecule has 0 bridgehead atoms. The number of pyridine rings is 1. The van der Waals surface area contributed by atoms with Crippen LogP contribution in [0.1, 0.15) is 55.7 Å². The average molecular weight is 457 g/mol. The molecule has 1 unspecified atom stereocenters. The van der Waals surface area contributed by atoms with E-state index in [0.29, 0.717) is 17.1 Å². The molecule has 34 heavy (non-hydrogen) atoms. The molecular weight excluding hydrogens is 428 g/mol. The second kappa shape index (κ2) is 9.17. The van der Waals surface area contributed by atoms with Gasteiger partial charge in [-0.25, -0.2) is 0 Å². The van der Waals surface area contributed by atoms with Crippen molar-refractivity contribution in [3.8, 4) is 17.0 Å². The number of nitrogens with zero attached hydrogens (tertiary/aromatic N) is 1. The number of hydrogen-bond acceptors (Lipinski definition) is 4. The number of carbonyl (C=O) groups excluding carboxylic acids is 1. The van der Waals surface area contributed by atoms with E-state index < -0.39 is 5.92 Å². The second-order valence-electron chi connectivity index (χ2n) is 8.98. The van der Waals surface area contributed by atoms with E-state index in [4.69, 9.17) is 4.74 Å². The lowest BCUT2D eigenvalue weighted by Gasteiger charge is -2.13. The zero-order chi connectivity index (χ0) is 23.7. The monoisotopic (exact) mass is 456 g/mol. The SMILES string of the molecule is COc1ccc(-c2cc(=O)c3cc(C(C)C(=O)Nc4cc(C5CCCC5)[nH]n4)ccc3[nH]2)cc1. The molecule has 0 radical (unpaired) electrons. The van der Waals surface area contributed by atoms with E-state index in [1.165, 1.54) is 12.8 Å². The first-order chi connectivity index (χ1) is 16.5. The standard InChI is InChI=1S/C27H28N4O3/c1-16(27(33)29-26-15-24(30-31-26)17-5-3-4-6-17)19-9-12-22-21(13-19)25(32)14-23(28-22)18-7-10-20(34-2)11-8-18/h7-17H,3-6H2,1-2H3,(H,28,32)(H2,29,30,31,33). The Morgan fingerprint density at radius 2 is 1.85 bits per heavy atom. The maximum Gasteiger partial charge on any atom is 0.232 e. The fourth-order valence-electron chi connectivity index (χ4n) is 4.69. The van der Waals surface area contributed by atoms with E-state index in [2.05, 4.69) is 20.5 Å². The molecule has 2 aromatic heterocycles. The van der Waals surface area contributed by atoms with Gasteiger partial charge in [-0.1, -0.05) is 18.9 Å². The molecule has 2 aromatic carbocycles. The summed E-state index contributed by atoms with van der Waals surface area (Å²) in [6, 6.07) is 16.6. The smallest absolute Gasteiger partial charge is 0.232 e. The van der Waals surface area contributed by atoms with Gasteiger partial charge in [-0.15, -0.1) is 0 Å². The largest absolute Gasteiger partial charge is 0.497 e. The zero-order valence-corrected chi connectivity index (χ0v) is 19.4. The molecule has 174 valence electrons. The number of fused-ring (bicyclic) bond motifs is 1. The molecule has 7 heteroatoms. The minimum absolute atomic E-state index is 0.0949. The summed E-state index contributed by atoms with van der Waals surface area (Å²) < 4.78 is 5.21. The van der Waals surface area contributed by atoms with Gasteiger partial charge >= 0.3 is 0 Å². The third-order valence-electron chi connectivity index (χ3n) is 6.79. The molecule has 1 fully saturated rings. The molecule has 7 nitrogen and oxygen atoms in total. The fourth-order valence-corrected chi connectivity index (χ4v) is 4.69. The van der Waals surface area contributed by atoms with Crippen LogP contribution in [-0.2, 0) is 4.79 Å². The van der Waals surface area contributed by atoms with Gasteiger partial charge in [0, 0.05) is 40.3 Å². The van der Waals surface area contributed by atoms with Gasteiger partial charge in [0.05, 0.1) is 13.0 Å². The minimum Gasteiger partial charge on any atom is -0.497 e. The van der Waals surface area contributed by atoms with Gasteiger partial charge < -0.3 is 15.0 Å². The fraction of sp³-hybridized carbons (Fsp3) is 0.296. The third-order valence-corrected chi connectivity index (χ3v) is 6.79. The predicted molar refractivity (Wildman–Crippen MR) is 133 cm³/mol. The summed E-state index contributed by atoms with van der Waals surface area (Å²) >= 11 is 0. The molecule has 2 heterocycles. The lowest BCUT2D eigenvalue weighted by atomic mass is 9.98. The van der Waals surface area contributed by atoms with E-state index in [0.717, 1.165) is 46.6 Å². The number of amides is 1. The Labute approximate surface area is 197 Å². The molecule has 5 rings (SSSR count). The Bertz CT molecular complexity index is 1380. The van der Waals surface area contributed by atoms with Crippen molar-refractivity contribution in [1.29, 1.82) is 0 Å². The van der Waals surface area contributed by atoms with E-state index in [-0.39, 0.29) is 11.3 Å². The Morgan fingerprint density at radius 3 is 2.59 bits per heavy atom. The summed E-state index contributed by atoms with van der Waals surface area (Å²) in [5.74, 6) is 1.22. The van der Waals surface area contributed by atoms with Crippen LogP contribution < -0.4 is 15.5 Å². The molecule has 1 aliphatic rings. The predicted octanol–water partition coefficient (Wildman–Crippen LogP) is 5.33. The number of anilines is 1. The van der Waals surface area contributed by atoms with Gasteiger partial charge in [-0.2, -0.15) is 5.10 Å². The van der Waals surface area contributed by atoms with Crippen molar-refractivity contribution in [3.63, 3.8) is 0 Å². The van der Waals surface area contributed by atoms with Gasteiger partial charge in [-0.3, -0.25) is 14.7 Å². The maximum atomic E-state index is 12.9. The Kier molecular flexibility index (Phi) is 5.92. The average Bonchev–Trinajstić information content (AvgIpc) is 3.56. The van der Waals surface area contributed by atoms with Gasteiger partial charge in [0.2, 0.25) is 5.91 Å². The lowest BCUT2D eigenvalue weighted by Crippen LogP contribution is -2.19. The van der Waals surface area contributed by atoms with Gasteiger partial charge in [0.25, 0.3) is 0 Å². The molecule has 0 aliphatic heterocycles. The molecule has 1 aliphatic carbocycles. The topological polar surface area (TPSA) is 99.9 Å². The van der Waals surface area contributed by atoms with E-state index in [1.54, 1.807) is 19.2 Å². The molecule has 1 saturated carbocycles. The summed E-state index contributed by atoms with van der Waals surface area (Å²) in [6.07, 6.45) is 4.81. The number of aromatic amines is 2. The van der Waals surface area contributed by atoms with E-state index in [9.17, 15) is 9.59 Å². The van der Waals surface area contributed by atoms with Crippen LogP contribution in [0.15, 0.2) is 59.4 Å². The highest BCUT2D eigenvalue weighted by molar-refractivity contribution is 5.95. The van der Waals surface area contributed by atoms with E-state index in [1.807, 2.05) is 49.4 Å². The van der Waals surface area contributed by atoms with Gasteiger partial charge in [0.15, 0.2) is 11.2 Å². The number of carbonyl (C=O) groups is 1. The zero-order valence-electron chi connectivity index (χ0n) is 19.4. The summed E-state index contributed by atoms with van der Waals surface area (Å²) in [7, 11) is 1.62. The molecular formula is C27H28N4O3. The normalized spacial score (nSPS) is 14.9. The number of ether oxygens (including phenoxy) is 1. The molecule has 0 spiro atoms. The molecule has 4 aromatic rings. The summed E-state index contributed by atoms with van der Waals surface area (Å²) in [5, 5.41) is 10.8. The van der Waals surface area contributed by atoms with Crippen molar-refractivity contribution in [2.45, 2.75) is 44.4 Å². The van der Waals surface area contributed by atoms with Crippen LogP contribution in [0.2, 0.25) is 0 Å². The highest BCUT2D eigenvalue weighted by atomic mass is 16.5. The van der Waals surface area contributed by atoms with Gasteiger partial charge in [0.1, 0.15) is 5.75 Å². The van der Waals surface area contributed by atoms with Crippen molar-refractivity contribution in [2.75, 3.05) is 12.4 Å². The Morgan fingerprint density at radius 1 is 1.09 bits per heavy atom. The van der Waals surface area contributed by atoms with Crippen LogP contribution in [0.3, 0.4) is 0 Å². The highest BCUT2D eigenvalue weighted by Crippen LogP contribution is 2.34. The van der Waals surface area contributed by atoms with Crippen LogP contribution in [-0.4, -0.2) is 28.2 Å². The van der Waals surface area contributed by atoms with Crippen molar-refractivity contribution < 1.29 is 9.53 Å². The molecule has 1 atom stereocenters. The minimum atomic E-state index is -0.434. The Balaban J connectivity index is 1.35. The lowest BCUT2D eigenvalue weighted by molar-refractivity contribution is -0.117. The highest BCUT2D eigenvalue weighted by Gasteiger charge is 2.21. The van der Waals surface area contributed by atoms with Crippen molar-refractivity contribution in [1.82, 2.24) is 15.2 Å².